The minimum atomic E-state index is -3.29. The average molecular weight is 418 g/mol. The van der Waals surface area contributed by atoms with Crippen LogP contribution in [0.1, 0.15) is 26.2 Å². The van der Waals surface area contributed by atoms with Crippen molar-refractivity contribution in [2.45, 2.75) is 31.7 Å². The fourth-order valence-electron chi connectivity index (χ4n) is 3.20. The van der Waals surface area contributed by atoms with Crippen molar-refractivity contribution in [3.05, 3.63) is 30.1 Å². The standard InChI is InChI=1S/C17H26FN3O3S.CH2O2/c1-4-12-25(23,24)21-10-8-17(9-11-21,16(22)20(2)3)19-15-7-5-6-14(18)13-15;2-1-3/h5-7,13,19H,4,8-12H2,1-3H3;1H,(H,2,3). The summed E-state index contributed by atoms with van der Waals surface area (Å²) in [7, 11) is 0.0400. The molecule has 1 heterocycles. The topological polar surface area (TPSA) is 107 Å². The minimum Gasteiger partial charge on any atom is -0.483 e. The predicted molar refractivity (Wildman–Crippen MR) is 105 cm³/mol. The van der Waals surface area contributed by atoms with Crippen LogP contribution in [0, 0.1) is 5.82 Å². The summed E-state index contributed by atoms with van der Waals surface area (Å²) in [6, 6.07) is 5.96. The Balaban J connectivity index is 0.00000122. The van der Waals surface area contributed by atoms with E-state index in [4.69, 9.17) is 9.90 Å². The second kappa shape index (κ2) is 10.4. The number of rotatable bonds is 6. The zero-order valence-corrected chi connectivity index (χ0v) is 17.2. The van der Waals surface area contributed by atoms with Gasteiger partial charge in [-0.3, -0.25) is 9.59 Å². The van der Waals surface area contributed by atoms with Gasteiger partial charge in [-0.25, -0.2) is 17.1 Å². The van der Waals surface area contributed by atoms with Gasteiger partial charge in [-0.15, -0.1) is 0 Å². The lowest BCUT2D eigenvalue weighted by atomic mass is 9.86. The van der Waals surface area contributed by atoms with Crippen LogP contribution in [0.2, 0.25) is 0 Å². The molecule has 2 N–H and O–H groups in total. The van der Waals surface area contributed by atoms with Crippen molar-refractivity contribution >= 4 is 28.1 Å². The monoisotopic (exact) mass is 417 g/mol. The van der Waals surface area contributed by atoms with Gasteiger partial charge in [0.15, 0.2) is 0 Å². The molecular formula is C18H28FN3O5S. The lowest BCUT2D eigenvalue weighted by Crippen LogP contribution is -2.58. The molecule has 1 aliphatic rings. The SMILES string of the molecule is CCCS(=O)(=O)N1CCC(Nc2cccc(F)c2)(C(=O)N(C)C)CC1.O=CO. The number of benzene rings is 1. The first-order valence-electron chi connectivity index (χ1n) is 8.93. The molecule has 28 heavy (non-hydrogen) atoms. The maximum atomic E-state index is 13.5. The minimum absolute atomic E-state index is 0.110. The quantitative estimate of drug-likeness (QED) is 0.681. The van der Waals surface area contributed by atoms with Gasteiger partial charge in [-0.2, -0.15) is 0 Å². The van der Waals surface area contributed by atoms with Gasteiger partial charge < -0.3 is 15.3 Å². The fraction of sp³-hybridized carbons (Fsp3) is 0.556. The molecule has 0 unspecified atom stereocenters. The molecule has 10 heteroatoms. The summed E-state index contributed by atoms with van der Waals surface area (Å²) in [5, 5.41) is 10.1. The van der Waals surface area contributed by atoms with Crippen LogP contribution in [-0.2, 0) is 19.6 Å². The van der Waals surface area contributed by atoms with E-state index in [1.54, 1.807) is 26.2 Å². The molecule has 0 atom stereocenters. The van der Waals surface area contributed by atoms with E-state index in [-0.39, 0.29) is 37.0 Å². The summed E-state index contributed by atoms with van der Waals surface area (Å²) in [5.74, 6) is -0.413. The zero-order chi connectivity index (χ0) is 21.4. The summed E-state index contributed by atoms with van der Waals surface area (Å²) in [5.41, 5.74) is -0.421. The molecule has 0 radical (unpaired) electrons. The maximum absolute atomic E-state index is 13.5. The highest BCUT2D eigenvalue weighted by Crippen LogP contribution is 2.30. The highest BCUT2D eigenvalue weighted by Gasteiger charge is 2.44. The molecular weight excluding hydrogens is 389 g/mol. The number of nitrogens with zero attached hydrogens (tertiary/aromatic N) is 2. The molecule has 2 rings (SSSR count). The summed E-state index contributed by atoms with van der Waals surface area (Å²) in [4.78, 5) is 22.6. The summed E-state index contributed by atoms with van der Waals surface area (Å²) in [6.45, 7) is 2.11. The van der Waals surface area contributed by atoms with Crippen LogP contribution in [0.25, 0.3) is 0 Å². The van der Waals surface area contributed by atoms with Gasteiger partial charge in [0.2, 0.25) is 15.9 Å². The van der Waals surface area contributed by atoms with Gasteiger partial charge >= 0.3 is 0 Å². The van der Waals surface area contributed by atoms with Crippen molar-refractivity contribution in [1.82, 2.24) is 9.21 Å². The van der Waals surface area contributed by atoms with E-state index in [2.05, 4.69) is 5.32 Å². The molecule has 1 aromatic rings. The molecule has 1 saturated heterocycles. The van der Waals surface area contributed by atoms with Crippen LogP contribution in [0.4, 0.5) is 10.1 Å². The Kier molecular flexibility index (Phi) is 8.83. The van der Waals surface area contributed by atoms with E-state index in [9.17, 15) is 17.6 Å². The predicted octanol–water partition coefficient (Wildman–Crippen LogP) is 1.60. The number of anilines is 1. The average Bonchev–Trinajstić information content (AvgIpc) is 2.62. The van der Waals surface area contributed by atoms with Gasteiger partial charge in [0, 0.05) is 32.9 Å². The van der Waals surface area contributed by atoms with Gasteiger partial charge in [0.1, 0.15) is 11.4 Å². The Labute approximate surface area is 165 Å². The van der Waals surface area contributed by atoms with E-state index in [0.717, 1.165) is 0 Å². The Morgan fingerprint density at radius 3 is 2.39 bits per heavy atom. The highest BCUT2D eigenvalue weighted by molar-refractivity contribution is 7.89. The Morgan fingerprint density at radius 2 is 1.93 bits per heavy atom. The van der Waals surface area contributed by atoms with Gasteiger partial charge in [-0.05, 0) is 37.5 Å². The van der Waals surface area contributed by atoms with E-state index < -0.39 is 15.6 Å². The van der Waals surface area contributed by atoms with Crippen molar-refractivity contribution in [2.24, 2.45) is 0 Å². The van der Waals surface area contributed by atoms with Crippen LogP contribution in [0.5, 0.6) is 0 Å². The van der Waals surface area contributed by atoms with Gasteiger partial charge in [-0.1, -0.05) is 13.0 Å². The molecule has 0 saturated carbocycles. The first kappa shape index (κ1) is 23.8. The molecule has 1 aliphatic heterocycles. The molecule has 0 aromatic heterocycles. The van der Waals surface area contributed by atoms with Crippen molar-refractivity contribution in [1.29, 1.82) is 0 Å². The third kappa shape index (κ3) is 6.16. The second-order valence-corrected chi connectivity index (χ2v) is 8.83. The number of sulfonamides is 1. The Bertz CT molecular complexity index is 762. The number of hydrogen-bond acceptors (Lipinski definition) is 5. The molecule has 158 valence electrons. The molecule has 0 spiro atoms. The largest absolute Gasteiger partial charge is 0.483 e. The Morgan fingerprint density at radius 1 is 1.36 bits per heavy atom. The van der Waals surface area contributed by atoms with Crippen LogP contribution in [0.3, 0.4) is 0 Å². The number of halogens is 1. The number of nitrogens with one attached hydrogen (secondary N) is 1. The van der Waals surface area contributed by atoms with E-state index >= 15 is 0 Å². The van der Waals surface area contributed by atoms with Crippen molar-refractivity contribution < 1.29 is 27.5 Å². The number of carbonyl (C=O) groups is 2. The number of piperidine rings is 1. The summed E-state index contributed by atoms with van der Waals surface area (Å²) < 4.78 is 39.5. The zero-order valence-electron chi connectivity index (χ0n) is 16.4. The van der Waals surface area contributed by atoms with Gasteiger partial charge in [0.25, 0.3) is 6.47 Å². The van der Waals surface area contributed by atoms with Crippen molar-refractivity contribution in [3.63, 3.8) is 0 Å². The van der Waals surface area contributed by atoms with Crippen LogP contribution in [0.15, 0.2) is 24.3 Å². The van der Waals surface area contributed by atoms with Crippen LogP contribution in [-0.4, -0.2) is 73.6 Å². The molecule has 0 bridgehead atoms. The van der Waals surface area contributed by atoms with E-state index in [1.165, 1.54) is 21.3 Å². The third-order valence-corrected chi connectivity index (χ3v) is 6.53. The normalized spacial score (nSPS) is 16.4. The molecule has 1 fully saturated rings. The maximum Gasteiger partial charge on any atom is 0.290 e. The number of amides is 1. The number of hydrogen-bond donors (Lipinski definition) is 2. The first-order valence-corrected chi connectivity index (χ1v) is 10.5. The smallest absolute Gasteiger partial charge is 0.290 e. The lowest BCUT2D eigenvalue weighted by molar-refractivity contribution is -0.134. The second-order valence-electron chi connectivity index (χ2n) is 6.74. The van der Waals surface area contributed by atoms with E-state index in [1.807, 2.05) is 6.92 Å². The Hall–Kier alpha value is -2.20. The number of carbonyl (C=O) groups excluding carboxylic acids is 1. The summed E-state index contributed by atoms with van der Waals surface area (Å²) >= 11 is 0. The molecule has 0 aliphatic carbocycles. The lowest BCUT2D eigenvalue weighted by Gasteiger charge is -2.42. The molecule has 1 aromatic carbocycles. The highest BCUT2D eigenvalue weighted by atomic mass is 32.2. The summed E-state index contributed by atoms with van der Waals surface area (Å²) in [6.07, 6.45) is 1.23. The third-order valence-electron chi connectivity index (χ3n) is 4.46. The van der Waals surface area contributed by atoms with Crippen molar-refractivity contribution in [2.75, 3.05) is 38.3 Å². The van der Waals surface area contributed by atoms with Crippen molar-refractivity contribution in [3.8, 4) is 0 Å². The number of likely N-dealkylation sites (N-methyl/N-ethyl adjacent to an activating group) is 1. The molecule has 1 amide bonds. The number of carboxylic acid groups (broad SMARTS) is 1. The van der Waals surface area contributed by atoms with Crippen LogP contribution >= 0.6 is 0 Å². The molecule has 8 nitrogen and oxygen atoms in total. The fourth-order valence-corrected chi connectivity index (χ4v) is 4.71. The first-order chi connectivity index (χ1) is 13.1. The van der Waals surface area contributed by atoms with Crippen LogP contribution < -0.4 is 5.32 Å². The van der Waals surface area contributed by atoms with Gasteiger partial charge in [0.05, 0.1) is 5.75 Å². The van der Waals surface area contributed by atoms with E-state index in [0.29, 0.717) is 24.9 Å².